The fourth-order valence-corrected chi connectivity index (χ4v) is 9.17. The maximum Gasteiger partial charge on any atom is 0.220 e. The molecular weight excluding hydrogens is 991 g/mol. The van der Waals surface area contributed by atoms with E-state index < -0.39 is 86.8 Å². The van der Waals surface area contributed by atoms with Crippen molar-refractivity contribution in [2.45, 2.75) is 267 Å². The number of amides is 1. The van der Waals surface area contributed by atoms with E-state index >= 15 is 0 Å². The van der Waals surface area contributed by atoms with Crippen molar-refractivity contribution in [1.29, 1.82) is 0 Å². The molecule has 0 spiro atoms. The van der Waals surface area contributed by atoms with Gasteiger partial charge in [-0.15, -0.1) is 0 Å². The SMILES string of the molecule is CC/C=C\C/C=C\C/C=C\C/C=C\C/C=C\C/C=C\C/C=C\C/C=C\C/C=C\CCCCCCCCCCCCCC(=O)NC(COC1OC(CO)C(OC2OC(CO)C(O)C(O)C2O)C(O)C1O)C(O)CCCCCCC. The fourth-order valence-electron chi connectivity index (χ4n) is 9.17. The summed E-state index contributed by atoms with van der Waals surface area (Å²) in [4.78, 5) is 13.1. The van der Waals surface area contributed by atoms with E-state index in [0.717, 1.165) is 116 Å². The molecule has 2 heterocycles. The molecule has 2 saturated heterocycles. The highest BCUT2D eigenvalue weighted by atomic mass is 16.7. The van der Waals surface area contributed by atoms with Crippen molar-refractivity contribution in [3.05, 3.63) is 109 Å². The van der Waals surface area contributed by atoms with Crippen LogP contribution >= 0.6 is 0 Å². The third kappa shape index (κ3) is 33.4. The Labute approximate surface area is 470 Å². The number of ether oxygens (including phenoxy) is 4. The molecule has 2 aliphatic heterocycles. The lowest BCUT2D eigenvalue weighted by Gasteiger charge is -2.46. The van der Waals surface area contributed by atoms with Crippen molar-refractivity contribution in [2.24, 2.45) is 0 Å². The molecule has 2 aliphatic rings. The van der Waals surface area contributed by atoms with Gasteiger partial charge >= 0.3 is 0 Å². The highest BCUT2D eigenvalue weighted by Crippen LogP contribution is 2.30. The van der Waals surface area contributed by atoms with Crippen molar-refractivity contribution in [3.63, 3.8) is 0 Å². The van der Waals surface area contributed by atoms with E-state index in [1.165, 1.54) is 44.9 Å². The van der Waals surface area contributed by atoms with Crippen LogP contribution in [0.25, 0.3) is 0 Å². The smallest absolute Gasteiger partial charge is 0.220 e. The number of unbranched alkanes of at least 4 members (excludes halogenated alkanes) is 15. The Hall–Kier alpha value is -3.35. The second-order valence-electron chi connectivity index (χ2n) is 20.7. The van der Waals surface area contributed by atoms with Gasteiger partial charge in [-0.3, -0.25) is 4.79 Å². The van der Waals surface area contributed by atoms with Crippen LogP contribution < -0.4 is 5.32 Å². The molecule has 0 aromatic rings. The van der Waals surface area contributed by atoms with Gasteiger partial charge in [-0.1, -0.05) is 213 Å². The van der Waals surface area contributed by atoms with E-state index in [4.69, 9.17) is 18.9 Å². The highest BCUT2D eigenvalue weighted by molar-refractivity contribution is 5.76. The minimum atomic E-state index is -1.78. The summed E-state index contributed by atoms with van der Waals surface area (Å²) in [5, 5.41) is 86.5. The number of aliphatic hydroxyl groups excluding tert-OH is 8. The first kappa shape index (κ1) is 70.8. The van der Waals surface area contributed by atoms with Gasteiger partial charge in [-0.05, 0) is 83.5 Å². The van der Waals surface area contributed by atoms with E-state index in [1.54, 1.807) is 0 Å². The molecule has 0 saturated carbocycles. The van der Waals surface area contributed by atoms with E-state index in [1.807, 2.05) is 0 Å². The predicted octanol–water partition coefficient (Wildman–Crippen LogP) is 10.4. The third-order valence-electron chi connectivity index (χ3n) is 14.0. The van der Waals surface area contributed by atoms with Gasteiger partial charge < -0.3 is 65.1 Å². The lowest BCUT2D eigenvalue weighted by atomic mass is 9.97. The van der Waals surface area contributed by atoms with Crippen molar-refractivity contribution >= 4 is 5.91 Å². The lowest BCUT2D eigenvalue weighted by molar-refractivity contribution is -0.359. The number of aliphatic hydroxyl groups is 8. The first-order valence-electron chi connectivity index (χ1n) is 30.1. The van der Waals surface area contributed by atoms with E-state index in [2.05, 4.69) is 129 Å². The largest absolute Gasteiger partial charge is 0.394 e. The Bertz CT molecular complexity index is 1720. The Kier molecular flexibility index (Phi) is 43.9. The first-order chi connectivity index (χ1) is 38.1. The van der Waals surface area contributed by atoms with Gasteiger partial charge in [0.25, 0.3) is 0 Å². The molecule has 9 N–H and O–H groups in total. The van der Waals surface area contributed by atoms with E-state index in [-0.39, 0.29) is 12.5 Å². The number of rotatable bonds is 46. The Morgan fingerprint density at radius 1 is 0.474 bits per heavy atom. The Morgan fingerprint density at radius 2 is 0.885 bits per heavy atom. The average molecular weight is 1100 g/mol. The molecule has 446 valence electrons. The molecule has 0 radical (unpaired) electrons. The number of allylic oxidation sites excluding steroid dienone is 18. The molecule has 12 atom stereocenters. The number of nitrogens with one attached hydrogen (secondary N) is 1. The van der Waals surface area contributed by atoms with Crippen molar-refractivity contribution < 1.29 is 64.6 Å². The van der Waals surface area contributed by atoms with Gasteiger partial charge in [0, 0.05) is 6.42 Å². The molecule has 14 heteroatoms. The summed E-state index contributed by atoms with van der Waals surface area (Å²) in [6, 6.07) is -0.833. The molecular formula is C64H107NO13. The Balaban J connectivity index is 1.53. The minimum Gasteiger partial charge on any atom is -0.394 e. The predicted molar refractivity (Wildman–Crippen MR) is 313 cm³/mol. The Morgan fingerprint density at radius 3 is 1.36 bits per heavy atom. The topological polar surface area (TPSA) is 228 Å². The highest BCUT2D eigenvalue weighted by Gasteiger charge is 2.51. The molecule has 2 rings (SSSR count). The van der Waals surface area contributed by atoms with Crippen LogP contribution in [0.1, 0.15) is 194 Å². The second kappa shape index (κ2) is 48.4. The summed E-state index contributed by atoms with van der Waals surface area (Å²) in [5.41, 5.74) is 0. The van der Waals surface area contributed by atoms with Crippen LogP contribution in [0, 0.1) is 0 Å². The first-order valence-corrected chi connectivity index (χ1v) is 30.1. The molecule has 0 bridgehead atoms. The maximum absolute atomic E-state index is 13.1. The quantitative estimate of drug-likeness (QED) is 0.0204. The van der Waals surface area contributed by atoms with Crippen LogP contribution in [0.4, 0.5) is 0 Å². The van der Waals surface area contributed by atoms with Crippen LogP contribution in [0.3, 0.4) is 0 Å². The molecule has 0 aliphatic carbocycles. The summed E-state index contributed by atoms with van der Waals surface area (Å²) in [7, 11) is 0. The van der Waals surface area contributed by atoms with Crippen LogP contribution in [0.15, 0.2) is 109 Å². The molecule has 0 aromatic carbocycles. The molecule has 1 amide bonds. The van der Waals surface area contributed by atoms with Crippen molar-refractivity contribution in [1.82, 2.24) is 5.32 Å². The van der Waals surface area contributed by atoms with Gasteiger partial charge in [0.15, 0.2) is 12.6 Å². The van der Waals surface area contributed by atoms with Crippen LogP contribution in [0.2, 0.25) is 0 Å². The second-order valence-corrected chi connectivity index (χ2v) is 20.7. The average Bonchev–Trinajstić information content (AvgIpc) is 3.47. The van der Waals surface area contributed by atoms with Gasteiger partial charge in [-0.25, -0.2) is 0 Å². The zero-order chi connectivity index (χ0) is 56.7. The van der Waals surface area contributed by atoms with Gasteiger partial charge in [0.1, 0.15) is 48.8 Å². The lowest BCUT2D eigenvalue weighted by Crippen LogP contribution is -2.65. The summed E-state index contributed by atoms with van der Waals surface area (Å²) in [6.45, 7) is 2.62. The number of carbonyl (C=O) groups excluding carboxylic acids is 1. The third-order valence-corrected chi connectivity index (χ3v) is 14.0. The van der Waals surface area contributed by atoms with Gasteiger partial charge in [0.05, 0.1) is 32.0 Å². The molecule has 14 nitrogen and oxygen atoms in total. The standard InChI is InChI=1S/C64H107NO13/c1-3-5-7-9-10-11-12-13-14-15-16-17-18-19-20-21-22-23-24-25-26-27-28-29-30-31-32-33-34-35-36-37-38-39-40-41-42-44-46-48-56(69)65-52(53(68)47-45-43-8-6-4-2)51-75-63-61(74)59(72)62(55(50-67)77-63)78-64-60(73)58(71)57(70)54(49-66)76-64/h5,7,10-11,13-14,16-17,19-20,22-23,25-26,28-29,31-32,52-55,57-64,66-68,70-74H,3-4,6,8-9,12,15,18,21,24,27,30,33-51H2,1-2H3,(H,65,69)/b7-5-,11-10-,14-13-,17-16-,20-19-,23-22-,26-25-,29-28-,32-31-. The normalized spacial score (nSPS) is 25.4. The number of hydrogen-bond acceptors (Lipinski definition) is 13. The van der Waals surface area contributed by atoms with Crippen LogP contribution in [-0.2, 0) is 23.7 Å². The number of carbonyl (C=O) groups is 1. The monoisotopic (exact) mass is 1100 g/mol. The minimum absolute atomic E-state index is 0.223. The van der Waals surface area contributed by atoms with Crippen molar-refractivity contribution in [2.75, 3.05) is 19.8 Å². The summed E-state index contributed by atoms with van der Waals surface area (Å²) < 4.78 is 22.6. The zero-order valence-electron chi connectivity index (χ0n) is 47.9. The van der Waals surface area contributed by atoms with Crippen LogP contribution in [0.5, 0.6) is 0 Å². The van der Waals surface area contributed by atoms with E-state index in [0.29, 0.717) is 19.3 Å². The maximum atomic E-state index is 13.1. The van der Waals surface area contributed by atoms with Crippen LogP contribution in [-0.4, -0.2) is 140 Å². The summed E-state index contributed by atoms with van der Waals surface area (Å²) in [6.07, 6.45) is 51.8. The zero-order valence-corrected chi connectivity index (χ0v) is 47.9. The molecule has 0 aromatic heterocycles. The van der Waals surface area contributed by atoms with Gasteiger partial charge in [0.2, 0.25) is 5.91 Å². The summed E-state index contributed by atoms with van der Waals surface area (Å²) in [5.74, 6) is -0.223. The number of hydrogen-bond donors (Lipinski definition) is 9. The summed E-state index contributed by atoms with van der Waals surface area (Å²) >= 11 is 0. The molecule has 2 fully saturated rings. The molecule has 12 unspecified atom stereocenters. The van der Waals surface area contributed by atoms with Gasteiger partial charge in [-0.2, -0.15) is 0 Å². The molecule has 78 heavy (non-hydrogen) atoms. The fraction of sp³-hybridized carbons (Fsp3) is 0.703. The van der Waals surface area contributed by atoms with E-state index in [9.17, 15) is 45.6 Å². The van der Waals surface area contributed by atoms with Crippen molar-refractivity contribution in [3.8, 4) is 0 Å².